The van der Waals surface area contributed by atoms with Crippen molar-refractivity contribution in [2.75, 3.05) is 0 Å². The van der Waals surface area contributed by atoms with Gasteiger partial charge in [-0.1, -0.05) is 26.0 Å². The van der Waals surface area contributed by atoms with Crippen molar-refractivity contribution in [1.82, 2.24) is 4.72 Å². The molecule has 2 aliphatic rings. The first kappa shape index (κ1) is 21.5. The van der Waals surface area contributed by atoms with Gasteiger partial charge in [0.05, 0.1) is 6.04 Å². The first-order chi connectivity index (χ1) is 11.5. The lowest BCUT2D eigenvalue weighted by molar-refractivity contribution is -0.205. The zero-order valence-corrected chi connectivity index (χ0v) is 17.1. The van der Waals surface area contributed by atoms with Gasteiger partial charge in [-0.25, -0.2) is 0 Å². The predicted molar refractivity (Wildman–Crippen MR) is 101 cm³/mol. The molecule has 0 aromatic rings. The lowest BCUT2D eigenvalue weighted by atomic mass is 9.88. The topological polar surface area (TPSA) is 105 Å². The zero-order valence-electron chi connectivity index (χ0n) is 15.5. The molecule has 0 saturated carbocycles. The lowest BCUT2D eigenvalue weighted by Crippen LogP contribution is -2.64. The summed E-state index contributed by atoms with van der Waals surface area (Å²) in [4.78, 5) is 0. The minimum absolute atomic E-state index is 0.0654. The Labute approximate surface area is 157 Å². The van der Waals surface area contributed by atoms with Crippen LogP contribution < -0.4 is 4.72 Å². The standard InChI is InChI=1S/C17H31NO5S2/c1-9-7-6-8-10(2)24-16-14(21)12(19)13(20)15(23-16)11(9)18-25(22)17(3,4)5/h6-7,9-16,18-21H,8H2,1-5H3/b7-6-/t9-,10-,11-,12?,13?,14?,15?,16?,25-/m1/s1. The van der Waals surface area contributed by atoms with Crippen LogP contribution in [0, 0.1) is 5.92 Å². The summed E-state index contributed by atoms with van der Waals surface area (Å²) in [5.74, 6) is -0.0654. The van der Waals surface area contributed by atoms with E-state index >= 15 is 0 Å². The van der Waals surface area contributed by atoms with Crippen molar-refractivity contribution in [1.29, 1.82) is 0 Å². The Balaban J connectivity index is 2.33. The Morgan fingerprint density at radius 1 is 1.16 bits per heavy atom. The van der Waals surface area contributed by atoms with Gasteiger partial charge in [0.25, 0.3) is 0 Å². The third-order valence-electron chi connectivity index (χ3n) is 4.60. The van der Waals surface area contributed by atoms with E-state index in [-0.39, 0.29) is 11.2 Å². The maximum atomic E-state index is 12.6. The normalized spacial score (nSPS) is 45.6. The number of thioether (sulfide) groups is 1. The molecule has 0 aromatic carbocycles. The van der Waals surface area contributed by atoms with Crippen molar-refractivity contribution in [3.8, 4) is 0 Å². The quantitative estimate of drug-likeness (QED) is 0.409. The van der Waals surface area contributed by atoms with Gasteiger partial charge in [-0.2, -0.15) is 0 Å². The smallest absolute Gasteiger partial charge is 0.136 e. The molecule has 146 valence electrons. The Morgan fingerprint density at radius 2 is 1.80 bits per heavy atom. The van der Waals surface area contributed by atoms with Crippen molar-refractivity contribution in [3.05, 3.63) is 12.2 Å². The van der Waals surface area contributed by atoms with Gasteiger partial charge in [-0.05, 0) is 33.1 Å². The van der Waals surface area contributed by atoms with Gasteiger partial charge in [0.15, 0.2) is 0 Å². The highest BCUT2D eigenvalue weighted by molar-refractivity contribution is 8.00. The molecule has 2 heterocycles. The Morgan fingerprint density at radius 3 is 2.40 bits per heavy atom. The molecule has 1 saturated heterocycles. The van der Waals surface area contributed by atoms with Gasteiger partial charge >= 0.3 is 0 Å². The van der Waals surface area contributed by atoms with Gasteiger partial charge in [0, 0.05) is 16.6 Å². The van der Waals surface area contributed by atoms with Crippen molar-refractivity contribution in [2.45, 2.75) is 86.9 Å². The number of aliphatic hydroxyl groups is 3. The molecule has 1 fully saturated rings. The summed E-state index contributed by atoms with van der Waals surface area (Å²) in [5.41, 5.74) is -0.635. The Kier molecular flexibility index (Phi) is 7.29. The molecule has 25 heavy (non-hydrogen) atoms. The van der Waals surface area contributed by atoms with Crippen molar-refractivity contribution >= 4 is 23.1 Å². The highest BCUT2D eigenvalue weighted by atomic mass is 32.2. The molecular formula is C17H31NO5S2. The van der Waals surface area contributed by atoms with E-state index in [0.29, 0.717) is 0 Å². The van der Waals surface area contributed by atoms with E-state index in [2.05, 4.69) is 10.8 Å². The number of aliphatic hydroxyl groups excluding tert-OH is 3. The molecule has 8 heteroatoms. The first-order valence-corrected chi connectivity index (χ1v) is 10.8. The van der Waals surface area contributed by atoms with Crippen LogP contribution >= 0.6 is 11.8 Å². The second-order valence-electron chi connectivity index (χ2n) is 7.94. The molecule has 9 atom stereocenters. The molecule has 6 nitrogen and oxygen atoms in total. The van der Waals surface area contributed by atoms with E-state index < -0.39 is 52.0 Å². The third kappa shape index (κ3) is 5.13. The average Bonchev–Trinajstić information content (AvgIpc) is 2.51. The van der Waals surface area contributed by atoms with Gasteiger partial charge < -0.3 is 24.6 Å². The summed E-state index contributed by atoms with van der Waals surface area (Å²) in [6.45, 7) is 9.61. The highest BCUT2D eigenvalue weighted by Crippen LogP contribution is 2.36. The van der Waals surface area contributed by atoms with E-state index in [9.17, 15) is 19.9 Å². The maximum Gasteiger partial charge on any atom is 0.136 e. The highest BCUT2D eigenvalue weighted by Gasteiger charge is 2.49. The van der Waals surface area contributed by atoms with E-state index in [0.717, 1.165) is 6.42 Å². The summed E-state index contributed by atoms with van der Waals surface area (Å²) >= 11 is 0.0852. The minimum Gasteiger partial charge on any atom is -0.598 e. The van der Waals surface area contributed by atoms with Crippen LogP contribution in [0.4, 0.5) is 0 Å². The third-order valence-corrected chi connectivity index (χ3v) is 7.51. The molecule has 2 rings (SSSR count). The largest absolute Gasteiger partial charge is 0.598 e. The van der Waals surface area contributed by atoms with Crippen LogP contribution in [0.5, 0.6) is 0 Å². The number of ether oxygens (including phenoxy) is 1. The van der Waals surface area contributed by atoms with Gasteiger partial charge in [-0.3, -0.25) is 0 Å². The molecule has 2 bridgehead atoms. The van der Waals surface area contributed by atoms with Gasteiger partial charge in [0.2, 0.25) is 0 Å². The number of hydrogen-bond acceptors (Lipinski definition) is 7. The van der Waals surface area contributed by atoms with E-state index in [1.54, 1.807) is 0 Å². The molecule has 4 N–H and O–H groups in total. The fraction of sp³-hybridized carbons (Fsp3) is 0.882. The van der Waals surface area contributed by atoms with Crippen LogP contribution in [-0.4, -0.2) is 65.8 Å². The fourth-order valence-electron chi connectivity index (χ4n) is 2.95. The van der Waals surface area contributed by atoms with Crippen LogP contribution in [0.15, 0.2) is 12.2 Å². The molecule has 2 aliphatic heterocycles. The summed E-state index contributed by atoms with van der Waals surface area (Å²) in [5, 5.41) is 31.3. The number of allylic oxidation sites excluding steroid dienone is 1. The summed E-state index contributed by atoms with van der Waals surface area (Å²) in [6, 6.07) is -0.454. The van der Waals surface area contributed by atoms with Crippen molar-refractivity contribution < 1.29 is 24.6 Å². The van der Waals surface area contributed by atoms with E-state index in [4.69, 9.17) is 4.74 Å². The monoisotopic (exact) mass is 393 g/mol. The summed E-state index contributed by atoms with van der Waals surface area (Å²) in [7, 11) is 0. The SMILES string of the molecule is C[C@@H]1C/C=C\[C@@H](C)[C@@H](N[S@+]([O-])C(C)(C)C)C2OC(S1)C(O)C(O)C2O. The van der Waals surface area contributed by atoms with Crippen LogP contribution in [0.25, 0.3) is 0 Å². The number of nitrogens with one attached hydrogen (secondary N) is 1. The van der Waals surface area contributed by atoms with Crippen molar-refractivity contribution in [2.24, 2.45) is 5.92 Å². The van der Waals surface area contributed by atoms with E-state index in [1.165, 1.54) is 11.8 Å². The summed E-state index contributed by atoms with van der Waals surface area (Å²) < 4.78 is 21.2. The Hall–Kier alpha value is 0.200. The first-order valence-electron chi connectivity index (χ1n) is 8.72. The molecule has 0 aliphatic carbocycles. The van der Waals surface area contributed by atoms with Crippen molar-refractivity contribution in [3.63, 3.8) is 0 Å². The minimum atomic E-state index is -1.36. The van der Waals surface area contributed by atoms with Crippen LogP contribution in [-0.2, 0) is 16.1 Å². The zero-order chi connectivity index (χ0) is 18.9. The maximum absolute atomic E-state index is 12.6. The van der Waals surface area contributed by atoms with Crippen LogP contribution in [0.1, 0.15) is 41.0 Å². The summed E-state index contributed by atoms with van der Waals surface area (Å²) in [6.07, 6.45) is 0.423. The molecule has 0 amide bonds. The predicted octanol–water partition coefficient (Wildman–Crippen LogP) is 0.932. The lowest BCUT2D eigenvalue weighted by Gasteiger charge is -2.45. The van der Waals surface area contributed by atoms with Crippen LogP contribution in [0.2, 0.25) is 0 Å². The van der Waals surface area contributed by atoms with E-state index in [1.807, 2.05) is 40.7 Å². The molecule has 0 radical (unpaired) electrons. The second kappa shape index (κ2) is 8.48. The van der Waals surface area contributed by atoms with Gasteiger partial charge in [0.1, 0.15) is 34.6 Å². The molecule has 0 spiro atoms. The molecule has 0 aromatic heterocycles. The fourth-order valence-corrected chi connectivity index (χ4v) is 5.09. The number of fused-ring (bicyclic) bond motifs is 2. The second-order valence-corrected chi connectivity index (χ2v) is 11.5. The van der Waals surface area contributed by atoms with Crippen LogP contribution in [0.3, 0.4) is 0 Å². The molecule has 5 unspecified atom stereocenters. The molecular weight excluding hydrogens is 362 g/mol. The number of hydrogen-bond donors (Lipinski definition) is 4. The van der Waals surface area contributed by atoms with Gasteiger partial charge in [-0.15, -0.1) is 16.5 Å². The number of rotatable bonds is 2. The Bertz CT molecular complexity index is 472. The average molecular weight is 394 g/mol.